The zero-order chi connectivity index (χ0) is 13.1. The molecule has 0 aliphatic heterocycles. The van der Waals surface area contributed by atoms with Gasteiger partial charge in [0.05, 0.1) is 7.11 Å². The van der Waals surface area contributed by atoms with Crippen LogP contribution in [-0.2, 0) is 10.2 Å². The van der Waals surface area contributed by atoms with Crippen LogP contribution in [0, 0.1) is 0 Å². The SMILES string of the molecule is CN[C@H](C(=O)O)C(C)(C)c1ccc(OC)cc1. The fourth-order valence-electron chi connectivity index (χ4n) is 1.98. The van der Waals surface area contributed by atoms with Gasteiger partial charge in [0, 0.05) is 5.41 Å². The second-order valence-corrected chi connectivity index (χ2v) is 4.51. The van der Waals surface area contributed by atoms with Crippen molar-refractivity contribution < 1.29 is 14.6 Å². The predicted molar refractivity (Wildman–Crippen MR) is 66.5 cm³/mol. The topological polar surface area (TPSA) is 58.6 Å². The molecule has 1 aromatic carbocycles. The van der Waals surface area contributed by atoms with Crippen molar-refractivity contribution in [3.8, 4) is 5.75 Å². The molecule has 4 nitrogen and oxygen atoms in total. The molecule has 0 aliphatic rings. The van der Waals surface area contributed by atoms with Crippen LogP contribution in [0.3, 0.4) is 0 Å². The molecule has 1 rings (SSSR count). The molecular weight excluding hydrogens is 218 g/mol. The first kappa shape index (κ1) is 13.5. The van der Waals surface area contributed by atoms with E-state index in [4.69, 9.17) is 4.74 Å². The van der Waals surface area contributed by atoms with Gasteiger partial charge < -0.3 is 15.2 Å². The Bertz CT molecular complexity index is 384. The second-order valence-electron chi connectivity index (χ2n) is 4.51. The number of benzene rings is 1. The minimum Gasteiger partial charge on any atom is -0.497 e. The van der Waals surface area contributed by atoms with E-state index in [9.17, 15) is 9.90 Å². The van der Waals surface area contributed by atoms with E-state index in [1.165, 1.54) is 0 Å². The first-order chi connectivity index (χ1) is 7.93. The van der Waals surface area contributed by atoms with Crippen molar-refractivity contribution in [2.24, 2.45) is 0 Å². The Morgan fingerprint density at radius 1 is 1.35 bits per heavy atom. The van der Waals surface area contributed by atoms with E-state index in [-0.39, 0.29) is 0 Å². The zero-order valence-electron chi connectivity index (χ0n) is 10.7. The minimum absolute atomic E-state index is 0.493. The highest BCUT2D eigenvalue weighted by molar-refractivity contribution is 5.76. The maximum Gasteiger partial charge on any atom is 0.321 e. The van der Waals surface area contributed by atoms with Crippen molar-refractivity contribution in [2.75, 3.05) is 14.2 Å². The monoisotopic (exact) mass is 237 g/mol. The van der Waals surface area contributed by atoms with Crippen LogP contribution in [0.25, 0.3) is 0 Å². The highest BCUT2D eigenvalue weighted by Gasteiger charge is 2.35. The van der Waals surface area contributed by atoms with E-state index < -0.39 is 17.4 Å². The van der Waals surface area contributed by atoms with Gasteiger partial charge in [0.2, 0.25) is 0 Å². The van der Waals surface area contributed by atoms with Gasteiger partial charge in [-0.1, -0.05) is 26.0 Å². The molecule has 0 fully saturated rings. The lowest BCUT2D eigenvalue weighted by Gasteiger charge is -2.31. The smallest absolute Gasteiger partial charge is 0.321 e. The lowest BCUT2D eigenvalue weighted by atomic mass is 9.77. The standard InChI is InChI=1S/C13H19NO3/c1-13(2,11(14-3)12(15)16)9-5-7-10(17-4)8-6-9/h5-8,11,14H,1-4H3,(H,15,16)/t11-/m1/s1. The predicted octanol–water partition coefficient (Wildman–Crippen LogP) is 1.65. The quantitative estimate of drug-likeness (QED) is 0.817. The van der Waals surface area contributed by atoms with E-state index in [1.54, 1.807) is 14.2 Å². The number of hydrogen-bond acceptors (Lipinski definition) is 3. The molecule has 1 aromatic rings. The Morgan fingerprint density at radius 3 is 2.24 bits per heavy atom. The van der Waals surface area contributed by atoms with Crippen molar-refractivity contribution in [3.05, 3.63) is 29.8 Å². The molecule has 0 amide bonds. The van der Waals surface area contributed by atoms with E-state index in [2.05, 4.69) is 5.32 Å². The van der Waals surface area contributed by atoms with E-state index >= 15 is 0 Å². The molecule has 0 heterocycles. The summed E-state index contributed by atoms with van der Waals surface area (Å²) in [5, 5.41) is 12.0. The third kappa shape index (κ3) is 2.77. The molecule has 17 heavy (non-hydrogen) atoms. The van der Waals surface area contributed by atoms with Crippen molar-refractivity contribution >= 4 is 5.97 Å². The van der Waals surface area contributed by atoms with Gasteiger partial charge in [-0.15, -0.1) is 0 Å². The van der Waals surface area contributed by atoms with Gasteiger partial charge in [-0.05, 0) is 24.7 Å². The Labute approximate surface area is 102 Å². The van der Waals surface area contributed by atoms with Crippen LogP contribution < -0.4 is 10.1 Å². The molecule has 1 atom stereocenters. The Hall–Kier alpha value is -1.55. The van der Waals surface area contributed by atoms with Gasteiger partial charge in [-0.25, -0.2) is 0 Å². The van der Waals surface area contributed by atoms with Gasteiger partial charge in [0.1, 0.15) is 11.8 Å². The number of carboxylic acid groups (broad SMARTS) is 1. The Kier molecular flexibility index (Phi) is 4.12. The molecule has 0 aromatic heterocycles. The van der Waals surface area contributed by atoms with E-state index in [0.717, 1.165) is 11.3 Å². The van der Waals surface area contributed by atoms with Crippen LogP contribution in [0.1, 0.15) is 19.4 Å². The molecular formula is C13H19NO3. The summed E-state index contributed by atoms with van der Waals surface area (Å²) in [6, 6.07) is 6.84. The van der Waals surface area contributed by atoms with Crippen LogP contribution in [0.4, 0.5) is 0 Å². The lowest BCUT2D eigenvalue weighted by molar-refractivity contribution is -0.141. The van der Waals surface area contributed by atoms with Crippen molar-refractivity contribution in [1.82, 2.24) is 5.32 Å². The molecule has 0 unspecified atom stereocenters. The number of likely N-dealkylation sites (N-methyl/N-ethyl adjacent to an activating group) is 1. The summed E-state index contributed by atoms with van der Waals surface area (Å²) in [5.74, 6) is -0.0887. The summed E-state index contributed by atoms with van der Waals surface area (Å²) in [4.78, 5) is 11.2. The number of methoxy groups -OCH3 is 1. The van der Waals surface area contributed by atoms with Gasteiger partial charge in [-0.2, -0.15) is 0 Å². The normalized spacial score (nSPS) is 13.2. The lowest BCUT2D eigenvalue weighted by Crippen LogP contribution is -2.48. The summed E-state index contributed by atoms with van der Waals surface area (Å²) in [7, 11) is 3.26. The summed E-state index contributed by atoms with van der Waals surface area (Å²) < 4.78 is 5.08. The number of nitrogens with one attached hydrogen (secondary N) is 1. The molecule has 94 valence electrons. The van der Waals surface area contributed by atoms with E-state index in [1.807, 2.05) is 38.1 Å². The van der Waals surface area contributed by atoms with Crippen molar-refractivity contribution in [3.63, 3.8) is 0 Å². The molecule has 0 saturated carbocycles. The highest BCUT2D eigenvalue weighted by Crippen LogP contribution is 2.28. The molecule has 0 aliphatic carbocycles. The summed E-state index contributed by atoms with van der Waals surface area (Å²) in [6.07, 6.45) is 0. The fourth-order valence-corrected chi connectivity index (χ4v) is 1.98. The number of hydrogen-bond donors (Lipinski definition) is 2. The first-order valence-electron chi connectivity index (χ1n) is 5.48. The molecule has 4 heteroatoms. The maximum absolute atomic E-state index is 11.2. The Balaban J connectivity index is 3.06. The molecule has 0 saturated heterocycles. The van der Waals surface area contributed by atoms with Gasteiger partial charge in [0.25, 0.3) is 0 Å². The average molecular weight is 237 g/mol. The van der Waals surface area contributed by atoms with Crippen LogP contribution in [0.15, 0.2) is 24.3 Å². The number of aliphatic carboxylic acids is 1. The van der Waals surface area contributed by atoms with Gasteiger partial charge >= 0.3 is 5.97 Å². The fraction of sp³-hybridized carbons (Fsp3) is 0.462. The third-order valence-electron chi connectivity index (χ3n) is 3.09. The summed E-state index contributed by atoms with van der Waals surface area (Å²) in [6.45, 7) is 3.81. The molecule has 0 bridgehead atoms. The first-order valence-corrected chi connectivity index (χ1v) is 5.48. The Morgan fingerprint density at radius 2 is 1.88 bits per heavy atom. The maximum atomic E-state index is 11.2. The van der Waals surface area contributed by atoms with Gasteiger partial charge in [0.15, 0.2) is 0 Å². The summed E-state index contributed by atoms with van der Waals surface area (Å²) in [5.41, 5.74) is 0.465. The summed E-state index contributed by atoms with van der Waals surface area (Å²) >= 11 is 0. The number of carbonyl (C=O) groups is 1. The number of ether oxygens (including phenoxy) is 1. The average Bonchev–Trinajstić information content (AvgIpc) is 2.29. The number of rotatable bonds is 5. The molecule has 0 spiro atoms. The minimum atomic E-state index is -0.853. The molecule has 0 radical (unpaired) electrons. The van der Waals surface area contributed by atoms with Gasteiger partial charge in [-0.3, -0.25) is 4.79 Å². The van der Waals surface area contributed by atoms with Crippen LogP contribution in [0.5, 0.6) is 5.75 Å². The number of carboxylic acids is 1. The second kappa shape index (κ2) is 5.19. The zero-order valence-corrected chi connectivity index (χ0v) is 10.7. The van der Waals surface area contributed by atoms with Crippen molar-refractivity contribution in [1.29, 1.82) is 0 Å². The largest absolute Gasteiger partial charge is 0.497 e. The van der Waals surface area contributed by atoms with Crippen LogP contribution in [-0.4, -0.2) is 31.3 Å². The third-order valence-corrected chi connectivity index (χ3v) is 3.09. The van der Waals surface area contributed by atoms with Crippen molar-refractivity contribution in [2.45, 2.75) is 25.3 Å². The van der Waals surface area contributed by atoms with Crippen LogP contribution >= 0.6 is 0 Å². The molecule has 2 N–H and O–H groups in total. The highest BCUT2D eigenvalue weighted by atomic mass is 16.5. The van der Waals surface area contributed by atoms with Crippen LogP contribution in [0.2, 0.25) is 0 Å². The van der Waals surface area contributed by atoms with E-state index in [0.29, 0.717) is 0 Å².